The third-order valence-electron chi connectivity index (χ3n) is 4.86. The monoisotopic (exact) mass is 423 g/mol. The first-order valence-electron chi connectivity index (χ1n) is 9.31. The number of esters is 2. The molecule has 2 heterocycles. The topological polar surface area (TPSA) is 122 Å². The SMILES string of the molecule is COC(=O)/C=C(\N[C@H]1[C@@H](OC)O[C@@H]2COC(c3ccccc3)O[C@H]2[C@@H]1O)C(=O)OC. The number of methoxy groups -OCH3 is 3. The minimum atomic E-state index is -1.16. The van der Waals surface area contributed by atoms with E-state index in [-0.39, 0.29) is 12.3 Å². The summed E-state index contributed by atoms with van der Waals surface area (Å²) < 4.78 is 32.1. The van der Waals surface area contributed by atoms with Crippen LogP contribution in [-0.2, 0) is 38.0 Å². The average molecular weight is 423 g/mol. The number of carbonyl (C=O) groups excluding carboxylic acids is 2. The van der Waals surface area contributed by atoms with E-state index in [0.717, 1.165) is 11.6 Å². The van der Waals surface area contributed by atoms with E-state index in [9.17, 15) is 14.7 Å². The van der Waals surface area contributed by atoms with Crippen molar-refractivity contribution in [2.45, 2.75) is 36.9 Å². The van der Waals surface area contributed by atoms with Gasteiger partial charge in [-0.15, -0.1) is 0 Å². The van der Waals surface area contributed by atoms with Crippen molar-refractivity contribution in [3.05, 3.63) is 47.7 Å². The molecule has 1 aromatic rings. The predicted molar refractivity (Wildman–Crippen MR) is 101 cm³/mol. The van der Waals surface area contributed by atoms with E-state index in [1.165, 1.54) is 21.3 Å². The third-order valence-corrected chi connectivity index (χ3v) is 4.86. The van der Waals surface area contributed by atoms with Crippen LogP contribution in [0.2, 0.25) is 0 Å². The molecule has 2 saturated heterocycles. The number of aliphatic hydroxyl groups excluding tert-OH is 1. The Labute approximate surface area is 173 Å². The molecule has 164 valence electrons. The fourth-order valence-electron chi connectivity index (χ4n) is 3.35. The van der Waals surface area contributed by atoms with Crippen LogP contribution in [0.3, 0.4) is 0 Å². The molecule has 0 amide bonds. The molecular weight excluding hydrogens is 398 g/mol. The third kappa shape index (κ3) is 4.79. The van der Waals surface area contributed by atoms with Crippen molar-refractivity contribution in [3.63, 3.8) is 0 Å². The van der Waals surface area contributed by atoms with Gasteiger partial charge in [-0.05, 0) is 0 Å². The lowest BCUT2D eigenvalue weighted by molar-refractivity contribution is -0.341. The number of hydrogen-bond acceptors (Lipinski definition) is 10. The van der Waals surface area contributed by atoms with E-state index in [4.69, 9.17) is 23.7 Å². The molecule has 2 aliphatic rings. The molecule has 10 heteroatoms. The summed E-state index contributed by atoms with van der Waals surface area (Å²) in [6.07, 6.45) is -3.23. The molecule has 2 aliphatic heterocycles. The maximum absolute atomic E-state index is 12.1. The second kappa shape index (κ2) is 10.0. The number of aliphatic hydroxyl groups is 1. The highest BCUT2D eigenvalue weighted by Gasteiger charge is 2.50. The van der Waals surface area contributed by atoms with Crippen molar-refractivity contribution >= 4 is 11.9 Å². The van der Waals surface area contributed by atoms with Crippen LogP contribution in [0.4, 0.5) is 0 Å². The maximum Gasteiger partial charge on any atom is 0.354 e. The number of nitrogens with one attached hydrogen (secondary N) is 1. The van der Waals surface area contributed by atoms with Gasteiger partial charge in [0.1, 0.15) is 30.1 Å². The molecule has 3 rings (SSSR count). The Hall–Kier alpha value is -2.50. The predicted octanol–water partition coefficient (Wildman–Crippen LogP) is 0.0209. The van der Waals surface area contributed by atoms with E-state index in [2.05, 4.69) is 10.1 Å². The van der Waals surface area contributed by atoms with E-state index in [1.54, 1.807) is 0 Å². The minimum Gasteiger partial charge on any atom is -0.466 e. The standard InChI is InChI=1S/C20H25NO9/c1-25-14(22)9-12(18(24)26-2)21-15-16(23)17-13(29-20(15)27-3)10-28-19(30-17)11-7-5-4-6-8-11/h4-9,13,15-17,19-21,23H,10H2,1-3H3/b12-9-/t13-,15-,16-,17-,19?,20+/m1/s1. The number of ether oxygens (including phenoxy) is 6. The van der Waals surface area contributed by atoms with Crippen LogP contribution < -0.4 is 5.32 Å². The minimum absolute atomic E-state index is 0.176. The van der Waals surface area contributed by atoms with Crippen molar-refractivity contribution in [3.8, 4) is 0 Å². The Morgan fingerprint density at radius 3 is 2.50 bits per heavy atom. The smallest absolute Gasteiger partial charge is 0.354 e. The molecule has 10 nitrogen and oxygen atoms in total. The average Bonchev–Trinajstić information content (AvgIpc) is 2.79. The van der Waals surface area contributed by atoms with Crippen LogP contribution in [0, 0.1) is 0 Å². The van der Waals surface area contributed by atoms with E-state index in [0.29, 0.717) is 0 Å². The summed E-state index contributed by atoms with van der Waals surface area (Å²) in [5.74, 6) is -1.59. The second-order valence-electron chi connectivity index (χ2n) is 6.69. The first-order chi connectivity index (χ1) is 14.5. The highest BCUT2D eigenvalue weighted by molar-refractivity contribution is 5.95. The Morgan fingerprint density at radius 1 is 1.13 bits per heavy atom. The second-order valence-corrected chi connectivity index (χ2v) is 6.69. The quantitative estimate of drug-likeness (QED) is 0.478. The summed E-state index contributed by atoms with van der Waals surface area (Å²) in [5, 5.41) is 13.8. The number of rotatable bonds is 6. The molecule has 1 aromatic carbocycles. The zero-order valence-electron chi connectivity index (χ0n) is 16.8. The maximum atomic E-state index is 12.1. The summed E-state index contributed by atoms with van der Waals surface area (Å²) in [6, 6.07) is 8.34. The summed E-state index contributed by atoms with van der Waals surface area (Å²) in [7, 11) is 3.73. The molecule has 0 spiro atoms. The highest BCUT2D eigenvalue weighted by Crippen LogP contribution is 2.34. The fraction of sp³-hybridized carbons (Fsp3) is 0.500. The molecule has 2 N–H and O–H groups in total. The van der Waals surface area contributed by atoms with Crippen molar-refractivity contribution in [2.75, 3.05) is 27.9 Å². The van der Waals surface area contributed by atoms with E-state index >= 15 is 0 Å². The Balaban J connectivity index is 1.81. The number of carbonyl (C=O) groups is 2. The van der Waals surface area contributed by atoms with Crippen LogP contribution >= 0.6 is 0 Å². The number of hydrogen-bond donors (Lipinski definition) is 2. The van der Waals surface area contributed by atoms with Gasteiger partial charge in [-0.25, -0.2) is 9.59 Å². The van der Waals surface area contributed by atoms with E-state index < -0.39 is 48.9 Å². The van der Waals surface area contributed by atoms with Gasteiger partial charge in [0.15, 0.2) is 12.6 Å². The van der Waals surface area contributed by atoms with Crippen molar-refractivity contribution in [1.29, 1.82) is 0 Å². The molecule has 0 aliphatic carbocycles. The Bertz CT molecular complexity index is 769. The molecule has 1 unspecified atom stereocenters. The number of benzene rings is 1. The summed E-state index contributed by atoms with van der Waals surface area (Å²) >= 11 is 0. The molecule has 0 bridgehead atoms. The van der Waals surface area contributed by atoms with Crippen molar-refractivity contribution < 1.29 is 43.1 Å². The fourth-order valence-corrected chi connectivity index (χ4v) is 3.35. The zero-order chi connectivity index (χ0) is 21.7. The van der Waals surface area contributed by atoms with Crippen molar-refractivity contribution in [2.24, 2.45) is 0 Å². The van der Waals surface area contributed by atoms with Gasteiger partial charge in [0.25, 0.3) is 0 Å². The lowest BCUT2D eigenvalue weighted by atomic mass is 9.95. The van der Waals surface area contributed by atoms with Gasteiger partial charge in [0, 0.05) is 12.7 Å². The van der Waals surface area contributed by atoms with E-state index in [1.807, 2.05) is 30.3 Å². The summed E-state index contributed by atoms with van der Waals surface area (Å²) in [6.45, 7) is 0.176. The van der Waals surface area contributed by atoms with Crippen LogP contribution in [0.25, 0.3) is 0 Å². The first kappa shape index (κ1) is 22.2. The van der Waals surface area contributed by atoms with Gasteiger partial charge in [-0.2, -0.15) is 0 Å². The lowest BCUT2D eigenvalue weighted by Crippen LogP contribution is -2.66. The van der Waals surface area contributed by atoms with Gasteiger partial charge in [0.2, 0.25) is 0 Å². The number of fused-ring (bicyclic) bond motifs is 1. The molecular formula is C20H25NO9. The van der Waals surface area contributed by atoms with Gasteiger partial charge < -0.3 is 38.8 Å². The van der Waals surface area contributed by atoms with Crippen LogP contribution in [0.1, 0.15) is 11.9 Å². The Kier molecular flexibility index (Phi) is 7.40. The van der Waals surface area contributed by atoms with Gasteiger partial charge in [0.05, 0.1) is 26.9 Å². The van der Waals surface area contributed by atoms with Gasteiger partial charge >= 0.3 is 11.9 Å². The normalized spacial score (nSPS) is 31.4. The van der Waals surface area contributed by atoms with Crippen LogP contribution in [-0.4, -0.2) is 75.6 Å². The molecule has 2 fully saturated rings. The summed E-state index contributed by atoms with van der Waals surface area (Å²) in [5.41, 5.74) is 0.575. The van der Waals surface area contributed by atoms with Gasteiger partial charge in [-0.1, -0.05) is 30.3 Å². The van der Waals surface area contributed by atoms with Crippen LogP contribution in [0.5, 0.6) is 0 Å². The summed E-state index contributed by atoms with van der Waals surface area (Å²) in [4.78, 5) is 23.7. The zero-order valence-corrected chi connectivity index (χ0v) is 16.8. The highest BCUT2D eigenvalue weighted by atomic mass is 16.7. The van der Waals surface area contributed by atoms with Crippen LogP contribution in [0.15, 0.2) is 42.1 Å². The molecule has 0 aromatic heterocycles. The molecule has 0 saturated carbocycles. The van der Waals surface area contributed by atoms with Gasteiger partial charge in [-0.3, -0.25) is 0 Å². The molecule has 30 heavy (non-hydrogen) atoms. The molecule has 0 radical (unpaired) electrons. The molecule has 6 atom stereocenters. The van der Waals surface area contributed by atoms with Crippen molar-refractivity contribution in [1.82, 2.24) is 5.32 Å². The lowest BCUT2D eigenvalue weighted by Gasteiger charge is -2.47. The Morgan fingerprint density at radius 2 is 1.87 bits per heavy atom. The largest absolute Gasteiger partial charge is 0.466 e. The first-order valence-corrected chi connectivity index (χ1v) is 9.31.